The minimum absolute atomic E-state index is 0.0980. The van der Waals surface area contributed by atoms with Crippen molar-refractivity contribution in [3.8, 4) is 12.3 Å². The molecule has 0 bridgehead atoms. The van der Waals surface area contributed by atoms with Crippen LogP contribution in [0, 0.1) is 12.3 Å². The maximum atomic E-state index is 11.8. The molecule has 3 aromatic carbocycles. The number of esters is 1. The third kappa shape index (κ3) is 5.21. The monoisotopic (exact) mass is 438 g/mol. The lowest BCUT2D eigenvalue weighted by Gasteiger charge is -2.30. The number of nitrogens with one attached hydrogen (secondary N) is 1. The van der Waals surface area contributed by atoms with Crippen LogP contribution in [0.15, 0.2) is 65.6 Å². The Hall–Kier alpha value is -2.81. The van der Waals surface area contributed by atoms with Crippen LogP contribution in [0.25, 0.3) is 10.8 Å². The molecule has 30 heavy (non-hydrogen) atoms. The average Bonchev–Trinajstić information content (AvgIpc) is 2.77. The topological polar surface area (TPSA) is 41.6 Å². The lowest BCUT2D eigenvalue weighted by Crippen LogP contribution is -2.35. The summed E-state index contributed by atoms with van der Waals surface area (Å²) in [5.41, 5.74) is 1.98. The minimum atomic E-state index is -0.258. The molecule has 0 saturated carbocycles. The molecular formula is C24H23ClN2O2S. The van der Waals surface area contributed by atoms with Crippen LogP contribution in [0.2, 0.25) is 5.02 Å². The zero-order valence-corrected chi connectivity index (χ0v) is 18.5. The van der Waals surface area contributed by atoms with Crippen molar-refractivity contribution in [3.63, 3.8) is 0 Å². The number of methoxy groups -OCH3 is 1. The van der Waals surface area contributed by atoms with Crippen molar-refractivity contribution in [2.45, 2.75) is 24.3 Å². The highest BCUT2D eigenvalue weighted by Crippen LogP contribution is 2.35. The zero-order valence-electron chi connectivity index (χ0n) is 16.9. The fraction of sp³-hybridized carbons (Fsp3) is 0.208. The van der Waals surface area contributed by atoms with Crippen molar-refractivity contribution in [2.24, 2.45) is 0 Å². The summed E-state index contributed by atoms with van der Waals surface area (Å²) in [6.07, 6.45) is 5.89. The first-order chi connectivity index (χ1) is 14.5. The molecule has 1 N–H and O–H groups in total. The SMILES string of the molecule is C#CCN(c1ccc(NSc2ccc(Cl)cc2)c2ccccc12)[C@@H](C)CC(=O)OC. The van der Waals surface area contributed by atoms with E-state index >= 15 is 0 Å². The second kappa shape index (κ2) is 10.3. The fourth-order valence-corrected chi connectivity index (χ4v) is 4.05. The molecule has 4 nitrogen and oxygen atoms in total. The van der Waals surface area contributed by atoms with Gasteiger partial charge in [0, 0.05) is 32.4 Å². The smallest absolute Gasteiger partial charge is 0.307 e. The van der Waals surface area contributed by atoms with Crippen LogP contribution in [0.3, 0.4) is 0 Å². The number of fused-ring (bicyclic) bond motifs is 1. The molecule has 0 radical (unpaired) electrons. The number of anilines is 2. The molecule has 0 spiro atoms. The van der Waals surface area contributed by atoms with Crippen LogP contribution in [0.5, 0.6) is 0 Å². The summed E-state index contributed by atoms with van der Waals surface area (Å²) in [7, 11) is 1.40. The molecule has 0 aliphatic carbocycles. The van der Waals surface area contributed by atoms with Crippen molar-refractivity contribution in [1.82, 2.24) is 0 Å². The number of ether oxygens (including phenoxy) is 1. The third-order valence-corrected chi connectivity index (χ3v) is 5.87. The van der Waals surface area contributed by atoms with Gasteiger partial charge in [-0.15, -0.1) is 6.42 Å². The number of halogens is 1. The van der Waals surface area contributed by atoms with Gasteiger partial charge in [-0.1, -0.05) is 41.8 Å². The predicted molar refractivity (Wildman–Crippen MR) is 127 cm³/mol. The summed E-state index contributed by atoms with van der Waals surface area (Å²) in [4.78, 5) is 14.9. The lowest BCUT2D eigenvalue weighted by molar-refractivity contribution is -0.140. The van der Waals surface area contributed by atoms with Gasteiger partial charge in [-0.25, -0.2) is 0 Å². The molecule has 3 rings (SSSR count). The largest absolute Gasteiger partial charge is 0.469 e. The Morgan fingerprint density at radius 3 is 2.53 bits per heavy atom. The standard InChI is InChI=1S/C24H23ClN2O2S/c1-4-15-27(17(2)16-24(28)29-3)23-14-13-22(20-7-5-6-8-21(20)23)26-30-19-11-9-18(25)10-12-19/h1,5-14,17,26H,15-16H2,2-3H3/t17-/m0/s1. The number of carbonyl (C=O) groups excluding carboxylic acids is 1. The van der Waals surface area contributed by atoms with E-state index in [-0.39, 0.29) is 18.4 Å². The second-order valence-corrected chi connectivity index (χ2v) is 8.11. The number of hydrogen-bond acceptors (Lipinski definition) is 5. The van der Waals surface area contributed by atoms with Gasteiger partial charge in [-0.05, 0) is 55.3 Å². The Kier molecular flexibility index (Phi) is 7.51. The zero-order chi connectivity index (χ0) is 21.5. The molecule has 0 amide bonds. The number of rotatable bonds is 8. The normalized spacial score (nSPS) is 11.5. The Labute approximate surface area is 186 Å². The van der Waals surface area contributed by atoms with Gasteiger partial charge >= 0.3 is 5.97 Å². The highest BCUT2D eigenvalue weighted by Gasteiger charge is 2.20. The van der Waals surface area contributed by atoms with Crippen LogP contribution in [0.1, 0.15) is 13.3 Å². The van der Waals surface area contributed by atoms with E-state index in [1.807, 2.05) is 55.5 Å². The Balaban J connectivity index is 1.92. The molecule has 154 valence electrons. The average molecular weight is 439 g/mol. The third-order valence-electron chi connectivity index (χ3n) is 4.79. The van der Waals surface area contributed by atoms with E-state index in [2.05, 4.69) is 27.7 Å². The van der Waals surface area contributed by atoms with Gasteiger partial charge in [0.2, 0.25) is 0 Å². The van der Waals surface area contributed by atoms with Crippen molar-refractivity contribution in [2.75, 3.05) is 23.3 Å². The molecule has 0 fully saturated rings. The van der Waals surface area contributed by atoms with Crippen LogP contribution >= 0.6 is 23.5 Å². The van der Waals surface area contributed by atoms with E-state index in [0.29, 0.717) is 11.6 Å². The molecule has 6 heteroatoms. The summed E-state index contributed by atoms with van der Waals surface area (Å²) in [5, 5.41) is 2.85. The number of nitrogens with zero attached hydrogens (tertiary/aromatic N) is 1. The molecule has 0 saturated heterocycles. The summed E-state index contributed by atoms with van der Waals surface area (Å²) in [6, 6.07) is 19.8. The predicted octanol–water partition coefficient (Wildman–Crippen LogP) is 6.00. The summed E-state index contributed by atoms with van der Waals surface area (Å²) in [5.74, 6) is 2.45. The molecule has 0 heterocycles. The van der Waals surface area contributed by atoms with Crippen LogP contribution < -0.4 is 9.62 Å². The Morgan fingerprint density at radius 2 is 1.87 bits per heavy atom. The van der Waals surface area contributed by atoms with E-state index in [4.69, 9.17) is 22.8 Å². The van der Waals surface area contributed by atoms with Crippen molar-refractivity contribution in [3.05, 3.63) is 65.7 Å². The number of hydrogen-bond donors (Lipinski definition) is 1. The Morgan fingerprint density at radius 1 is 1.17 bits per heavy atom. The van der Waals surface area contributed by atoms with Crippen LogP contribution in [-0.2, 0) is 9.53 Å². The van der Waals surface area contributed by atoms with Gasteiger partial charge < -0.3 is 14.4 Å². The maximum absolute atomic E-state index is 11.8. The molecule has 0 aromatic heterocycles. The van der Waals surface area contributed by atoms with Crippen LogP contribution in [-0.4, -0.2) is 25.7 Å². The quantitative estimate of drug-likeness (QED) is 0.265. The van der Waals surface area contributed by atoms with E-state index < -0.39 is 0 Å². The van der Waals surface area contributed by atoms with E-state index in [1.54, 1.807) is 0 Å². The fourth-order valence-electron chi connectivity index (χ4n) is 3.25. The number of carbonyl (C=O) groups is 1. The number of terminal acetylenes is 1. The van der Waals surface area contributed by atoms with Gasteiger partial charge in [-0.3, -0.25) is 4.79 Å². The lowest BCUT2D eigenvalue weighted by atomic mass is 10.0. The van der Waals surface area contributed by atoms with E-state index in [0.717, 1.165) is 27.0 Å². The summed E-state index contributed by atoms with van der Waals surface area (Å²) in [6.45, 7) is 2.38. The minimum Gasteiger partial charge on any atom is -0.469 e. The highest BCUT2D eigenvalue weighted by atomic mass is 35.5. The van der Waals surface area contributed by atoms with Crippen molar-refractivity contribution < 1.29 is 9.53 Å². The van der Waals surface area contributed by atoms with Gasteiger partial charge in [0.15, 0.2) is 0 Å². The maximum Gasteiger partial charge on any atom is 0.307 e. The molecular weight excluding hydrogens is 416 g/mol. The first kappa shape index (κ1) is 21.9. The highest BCUT2D eigenvalue weighted by molar-refractivity contribution is 8.00. The van der Waals surface area contributed by atoms with Gasteiger partial charge in [0.05, 0.1) is 25.8 Å². The van der Waals surface area contributed by atoms with Crippen molar-refractivity contribution >= 4 is 51.7 Å². The van der Waals surface area contributed by atoms with Gasteiger partial charge in [0.25, 0.3) is 0 Å². The van der Waals surface area contributed by atoms with E-state index in [9.17, 15) is 4.79 Å². The Bertz CT molecular complexity index is 1060. The van der Waals surface area contributed by atoms with Crippen molar-refractivity contribution in [1.29, 1.82) is 0 Å². The van der Waals surface area contributed by atoms with Gasteiger partial charge in [0.1, 0.15) is 0 Å². The summed E-state index contributed by atoms with van der Waals surface area (Å²) >= 11 is 7.49. The van der Waals surface area contributed by atoms with Gasteiger partial charge in [-0.2, -0.15) is 0 Å². The van der Waals surface area contributed by atoms with Crippen LogP contribution in [0.4, 0.5) is 11.4 Å². The molecule has 0 unspecified atom stereocenters. The molecule has 0 aliphatic heterocycles. The molecule has 0 aliphatic rings. The number of benzene rings is 3. The second-order valence-electron chi connectivity index (χ2n) is 6.80. The molecule has 3 aromatic rings. The first-order valence-electron chi connectivity index (χ1n) is 9.50. The van der Waals surface area contributed by atoms with E-state index in [1.165, 1.54) is 19.1 Å². The summed E-state index contributed by atoms with van der Waals surface area (Å²) < 4.78 is 8.27. The first-order valence-corrected chi connectivity index (χ1v) is 10.7. The molecule has 1 atom stereocenters.